The molecule has 1 N–H and O–H groups in total. The van der Waals surface area contributed by atoms with Gasteiger partial charge in [0.25, 0.3) is 0 Å². The lowest BCUT2D eigenvalue weighted by Crippen LogP contribution is -2.36. The Bertz CT molecular complexity index is 427. The second kappa shape index (κ2) is 7.26. The van der Waals surface area contributed by atoms with Gasteiger partial charge in [0.1, 0.15) is 0 Å². The average molecular weight is 278 g/mol. The topological polar surface area (TPSA) is 53.0 Å². The van der Waals surface area contributed by atoms with Gasteiger partial charge in [-0.1, -0.05) is 12.1 Å². The van der Waals surface area contributed by atoms with Crippen molar-refractivity contribution >= 4 is 11.7 Å². The SMILES string of the molecule is CN(CCC(=O)O)Cc1ccc(N2CCOCC2)cc1. The number of carbonyl (C=O) groups is 1. The molecule has 1 fully saturated rings. The lowest BCUT2D eigenvalue weighted by atomic mass is 10.1. The molecule has 0 aromatic heterocycles. The minimum atomic E-state index is -0.750. The molecule has 0 unspecified atom stereocenters. The quantitative estimate of drug-likeness (QED) is 0.853. The van der Waals surface area contributed by atoms with Crippen LogP contribution >= 0.6 is 0 Å². The van der Waals surface area contributed by atoms with Crippen LogP contribution in [-0.2, 0) is 16.1 Å². The molecule has 0 aliphatic carbocycles. The van der Waals surface area contributed by atoms with Crippen molar-refractivity contribution < 1.29 is 14.6 Å². The Morgan fingerprint density at radius 2 is 1.95 bits per heavy atom. The van der Waals surface area contributed by atoms with E-state index in [1.165, 1.54) is 11.3 Å². The molecule has 1 saturated heterocycles. The zero-order valence-electron chi connectivity index (χ0n) is 11.9. The summed E-state index contributed by atoms with van der Waals surface area (Å²) in [7, 11) is 1.94. The van der Waals surface area contributed by atoms with Crippen molar-refractivity contribution in [3.05, 3.63) is 29.8 Å². The molecule has 0 atom stereocenters. The van der Waals surface area contributed by atoms with Crippen LogP contribution in [-0.4, -0.2) is 55.9 Å². The summed E-state index contributed by atoms with van der Waals surface area (Å²) in [5.41, 5.74) is 2.43. The van der Waals surface area contributed by atoms with Crippen molar-refractivity contribution in [2.24, 2.45) is 0 Å². The molecule has 20 heavy (non-hydrogen) atoms. The number of benzene rings is 1. The number of rotatable bonds is 6. The van der Waals surface area contributed by atoms with E-state index in [0.717, 1.165) is 32.8 Å². The first-order valence-electron chi connectivity index (χ1n) is 6.97. The smallest absolute Gasteiger partial charge is 0.304 e. The second-order valence-corrected chi connectivity index (χ2v) is 5.15. The van der Waals surface area contributed by atoms with Crippen molar-refractivity contribution in [3.63, 3.8) is 0 Å². The van der Waals surface area contributed by atoms with Crippen LogP contribution in [0.4, 0.5) is 5.69 Å². The van der Waals surface area contributed by atoms with Crippen LogP contribution < -0.4 is 4.90 Å². The van der Waals surface area contributed by atoms with Gasteiger partial charge in [-0.05, 0) is 24.7 Å². The van der Waals surface area contributed by atoms with Gasteiger partial charge in [-0.2, -0.15) is 0 Å². The van der Waals surface area contributed by atoms with Gasteiger partial charge < -0.3 is 19.6 Å². The number of carboxylic acid groups (broad SMARTS) is 1. The Kier molecular flexibility index (Phi) is 5.38. The Morgan fingerprint density at radius 3 is 2.55 bits per heavy atom. The molecule has 1 aliphatic heterocycles. The Hall–Kier alpha value is -1.59. The van der Waals surface area contributed by atoms with E-state index >= 15 is 0 Å². The van der Waals surface area contributed by atoms with E-state index in [2.05, 4.69) is 29.2 Å². The van der Waals surface area contributed by atoms with Gasteiger partial charge >= 0.3 is 5.97 Å². The molecule has 5 heteroatoms. The van der Waals surface area contributed by atoms with Gasteiger partial charge in [0.2, 0.25) is 0 Å². The zero-order valence-corrected chi connectivity index (χ0v) is 11.9. The minimum absolute atomic E-state index is 0.183. The van der Waals surface area contributed by atoms with E-state index in [1.54, 1.807) is 0 Å². The van der Waals surface area contributed by atoms with Gasteiger partial charge in [0.15, 0.2) is 0 Å². The summed E-state index contributed by atoms with van der Waals surface area (Å²) in [4.78, 5) is 14.9. The highest BCUT2D eigenvalue weighted by Gasteiger charge is 2.11. The third-order valence-electron chi connectivity index (χ3n) is 3.47. The molecule has 0 amide bonds. The van der Waals surface area contributed by atoms with Crippen molar-refractivity contribution in [1.29, 1.82) is 0 Å². The number of nitrogens with zero attached hydrogens (tertiary/aromatic N) is 2. The number of anilines is 1. The first-order chi connectivity index (χ1) is 9.65. The normalized spacial score (nSPS) is 15.6. The molecular formula is C15H22N2O3. The fourth-order valence-corrected chi connectivity index (χ4v) is 2.31. The highest BCUT2D eigenvalue weighted by molar-refractivity contribution is 5.66. The van der Waals surface area contributed by atoms with Gasteiger partial charge in [-0.3, -0.25) is 4.79 Å². The van der Waals surface area contributed by atoms with E-state index < -0.39 is 5.97 Å². The second-order valence-electron chi connectivity index (χ2n) is 5.15. The number of ether oxygens (including phenoxy) is 1. The largest absolute Gasteiger partial charge is 0.481 e. The Labute approximate surface area is 119 Å². The number of carboxylic acids is 1. The maximum Gasteiger partial charge on any atom is 0.304 e. The third kappa shape index (κ3) is 4.51. The average Bonchev–Trinajstić information content (AvgIpc) is 2.47. The summed E-state index contributed by atoms with van der Waals surface area (Å²) in [6.07, 6.45) is 0.183. The third-order valence-corrected chi connectivity index (χ3v) is 3.47. The summed E-state index contributed by atoms with van der Waals surface area (Å²) >= 11 is 0. The van der Waals surface area contributed by atoms with Crippen molar-refractivity contribution in [2.45, 2.75) is 13.0 Å². The van der Waals surface area contributed by atoms with Crippen molar-refractivity contribution in [3.8, 4) is 0 Å². The molecule has 0 spiro atoms. The fraction of sp³-hybridized carbons (Fsp3) is 0.533. The minimum Gasteiger partial charge on any atom is -0.481 e. The Morgan fingerprint density at radius 1 is 1.30 bits per heavy atom. The van der Waals surface area contributed by atoms with Crippen LogP contribution in [0.2, 0.25) is 0 Å². The fourth-order valence-electron chi connectivity index (χ4n) is 2.31. The first kappa shape index (κ1) is 14.8. The molecule has 110 valence electrons. The van der Waals surface area contributed by atoms with E-state index in [4.69, 9.17) is 9.84 Å². The molecule has 0 bridgehead atoms. The summed E-state index contributed by atoms with van der Waals surface area (Å²) in [6.45, 7) is 4.81. The molecule has 5 nitrogen and oxygen atoms in total. The standard InChI is InChI=1S/C15H22N2O3/c1-16(7-6-15(18)19)12-13-2-4-14(5-3-13)17-8-10-20-11-9-17/h2-5H,6-12H2,1H3,(H,18,19). The maximum atomic E-state index is 10.5. The zero-order chi connectivity index (χ0) is 14.4. The molecule has 1 aromatic rings. The molecular weight excluding hydrogens is 256 g/mol. The van der Waals surface area contributed by atoms with Crippen LogP contribution in [0, 0.1) is 0 Å². The Balaban J connectivity index is 1.85. The number of hydrogen-bond donors (Lipinski definition) is 1. The van der Waals surface area contributed by atoms with Crippen LogP contribution in [0.25, 0.3) is 0 Å². The molecule has 0 radical (unpaired) electrons. The highest BCUT2D eigenvalue weighted by atomic mass is 16.5. The summed E-state index contributed by atoms with van der Waals surface area (Å²) in [5, 5.41) is 8.67. The van der Waals surface area contributed by atoms with E-state index in [0.29, 0.717) is 6.54 Å². The van der Waals surface area contributed by atoms with Crippen molar-refractivity contribution in [1.82, 2.24) is 4.90 Å². The maximum absolute atomic E-state index is 10.5. The predicted octanol–water partition coefficient (Wildman–Crippen LogP) is 1.43. The van der Waals surface area contributed by atoms with Crippen LogP contribution in [0.1, 0.15) is 12.0 Å². The monoisotopic (exact) mass is 278 g/mol. The van der Waals surface area contributed by atoms with E-state index in [-0.39, 0.29) is 6.42 Å². The molecule has 1 aliphatic rings. The number of morpholine rings is 1. The van der Waals surface area contributed by atoms with Gasteiger partial charge in [-0.25, -0.2) is 0 Å². The summed E-state index contributed by atoms with van der Waals surface area (Å²) < 4.78 is 5.35. The highest BCUT2D eigenvalue weighted by Crippen LogP contribution is 2.17. The summed E-state index contributed by atoms with van der Waals surface area (Å²) in [5.74, 6) is -0.750. The first-order valence-corrected chi connectivity index (χ1v) is 6.97. The van der Waals surface area contributed by atoms with Gasteiger partial charge in [0.05, 0.1) is 19.6 Å². The number of hydrogen-bond acceptors (Lipinski definition) is 4. The molecule has 1 aromatic carbocycles. The van der Waals surface area contributed by atoms with E-state index in [9.17, 15) is 4.79 Å². The van der Waals surface area contributed by atoms with E-state index in [1.807, 2.05) is 11.9 Å². The van der Waals surface area contributed by atoms with Gasteiger partial charge in [-0.15, -0.1) is 0 Å². The molecule has 0 saturated carbocycles. The lowest BCUT2D eigenvalue weighted by molar-refractivity contribution is -0.137. The lowest BCUT2D eigenvalue weighted by Gasteiger charge is -2.29. The number of aliphatic carboxylic acids is 1. The van der Waals surface area contributed by atoms with Gasteiger partial charge in [0, 0.05) is 31.9 Å². The van der Waals surface area contributed by atoms with Crippen molar-refractivity contribution in [2.75, 3.05) is 44.8 Å². The summed E-state index contributed by atoms with van der Waals surface area (Å²) in [6, 6.07) is 8.49. The van der Waals surface area contributed by atoms with Crippen LogP contribution in [0.3, 0.4) is 0 Å². The molecule has 1 heterocycles. The van der Waals surface area contributed by atoms with Crippen LogP contribution in [0.15, 0.2) is 24.3 Å². The predicted molar refractivity (Wildman–Crippen MR) is 78.1 cm³/mol. The van der Waals surface area contributed by atoms with Crippen LogP contribution in [0.5, 0.6) is 0 Å². The molecule has 2 rings (SSSR count).